The number of hydrogen-bond acceptors (Lipinski definition) is 2. The summed E-state index contributed by atoms with van der Waals surface area (Å²) in [5, 5.41) is 0. The second-order valence-electron chi connectivity index (χ2n) is 5.07. The number of rotatable bonds is 5. The van der Waals surface area contributed by atoms with Crippen molar-refractivity contribution in [3.05, 3.63) is 0 Å². The average molecular weight is 198 g/mol. The van der Waals surface area contributed by atoms with Crippen molar-refractivity contribution in [2.75, 3.05) is 26.7 Å². The van der Waals surface area contributed by atoms with E-state index in [0.717, 1.165) is 19.0 Å². The van der Waals surface area contributed by atoms with Gasteiger partial charge in [-0.3, -0.25) is 0 Å². The van der Waals surface area contributed by atoms with Gasteiger partial charge in [-0.15, -0.1) is 0 Å². The molecule has 14 heavy (non-hydrogen) atoms. The maximum atomic E-state index is 5.63. The van der Waals surface area contributed by atoms with Gasteiger partial charge in [0.25, 0.3) is 0 Å². The minimum atomic E-state index is 0.642. The molecule has 0 aromatic rings. The molecule has 84 valence electrons. The van der Waals surface area contributed by atoms with Crippen molar-refractivity contribution in [1.29, 1.82) is 0 Å². The largest absolute Gasteiger partial charge is 0.330 e. The summed E-state index contributed by atoms with van der Waals surface area (Å²) in [7, 11) is 2.24. The molecule has 0 spiro atoms. The Balaban J connectivity index is 2.14. The fourth-order valence-electron chi connectivity index (χ4n) is 2.49. The van der Waals surface area contributed by atoms with Gasteiger partial charge < -0.3 is 10.6 Å². The summed E-state index contributed by atoms with van der Waals surface area (Å²) >= 11 is 0. The highest BCUT2D eigenvalue weighted by Gasteiger charge is 2.15. The molecule has 1 rings (SSSR count). The predicted molar refractivity (Wildman–Crippen MR) is 62.3 cm³/mol. The molecular formula is C12H26N2. The van der Waals surface area contributed by atoms with Crippen molar-refractivity contribution in [1.82, 2.24) is 4.90 Å². The highest BCUT2D eigenvalue weighted by molar-refractivity contribution is 4.70. The van der Waals surface area contributed by atoms with Gasteiger partial charge in [-0.1, -0.05) is 26.2 Å². The molecule has 0 radical (unpaired) electrons. The van der Waals surface area contributed by atoms with E-state index in [2.05, 4.69) is 18.9 Å². The lowest BCUT2D eigenvalue weighted by Gasteiger charge is -2.28. The molecule has 1 aliphatic carbocycles. The van der Waals surface area contributed by atoms with Gasteiger partial charge in [0.1, 0.15) is 0 Å². The van der Waals surface area contributed by atoms with Crippen LogP contribution in [0, 0.1) is 11.8 Å². The normalized spacial score (nSPS) is 21.4. The van der Waals surface area contributed by atoms with Gasteiger partial charge in [0.15, 0.2) is 0 Å². The molecule has 1 fully saturated rings. The van der Waals surface area contributed by atoms with E-state index in [9.17, 15) is 0 Å². The molecule has 2 N–H and O–H groups in total. The van der Waals surface area contributed by atoms with E-state index < -0.39 is 0 Å². The van der Waals surface area contributed by atoms with E-state index in [1.807, 2.05) is 0 Å². The molecule has 1 saturated carbocycles. The van der Waals surface area contributed by atoms with E-state index in [0.29, 0.717) is 5.92 Å². The lowest BCUT2D eigenvalue weighted by Crippen LogP contribution is -2.32. The van der Waals surface area contributed by atoms with E-state index in [1.165, 1.54) is 38.6 Å². The molecular weight excluding hydrogens is 172 g/mol. The predicted octanol–water partition coefficient (Wildman–Crippen LogP) is 2.09. The zero-order valence-corrected chi connectivity index (χ0v) is 9.84. The van der Waals surface area contributed by atoms with E-state index in [4.69, 9.17) is 5.73 Å². The zero-order valence-electron chi connectivity index (χ0n) is 9.84. The molecule has 2 nitrogen and oxygen atoms in total. The Morgan fingerprint density at radius 3 is 2.50 bits per heavy atom. The van der Waals surface area contributed by atoms with Crippen molar-refractivity contribution in [2.24, 2.45) is 17.6 Å². The lowest BCUT2D eigenvalue weighted by molar-refractivity contribution is 0.214. The van der Waals surface area contributed by atoms with Crippen molar-refractivity contribution >= 4 is 0 Å². The minimum absolute atomic E-state index is 0.642. The van der Waals surface area contributed by atoms with Gasteiger partial charge in [0, 0.05) is 13.1 Å². The van der Waals surface area contributed by atoms with Crippen molar-refractivity contribution in [3.8, 4) is 0 Å². The number of nitrogens with two attached hydrogens (primary N) is 1. The van der Waals surface area contributed by atoms with Crippen molar-refractivity contribution in [2.45, 2.75) is 39.0 Å². The van der Waals surface area contributed by atoms with Gasteiger partial charge in [0.05, 0.1) is 0 Å². The standard InChI is InChI=1S/C12H26N2/c1-11(8-13)9-14(2)10-12-6-4-3-5-7-12/h11-12H,3-10,13H2,1-2H3. The van der Waals surface area contributed by atoms with Crippen LogP contribution in [-0.2, 0) is 0 Å². The first-order valence-corrected chi connectivity index (χ1v) is 6.11. The zero-order chi connectivity index (χ0) is 10.4. The van der Waals surface area contributed by atoms with Crippen LogP contribution in [0.1, 0.15) is 39.0 Å². The highest BCUT2D eigenvalue weighted by atomic mass is 15.1. The minimum Gasteiger partial charge on any atom is -0.330 e. The Kier molecular flexibility index (Phi) is 5.49. The van der Waals surface area contributed by atoms with Crippen LogP contribution in [0.3, 0.4) is 0 Å². The molecule has 2 heteroatoms. The van der Waals surface area contributed by atoms with Gasteiger partial charge in [-0.25, -0.2) is 0 Å². The Morgan fingerprint density at radius 1 is 1.29 bits per heavy atom. The van der Waals surface area contributed by atoms with Crippen LogP contribution in [0.4, 0.5) is 0 Å². The molecule has 0 aliphatic heterocycles. The highest BCUT2D eigenvalue weighted by Crippen LogP contribution is 2.24. The molecule has 0 aromatic heterocycles. The molecule has 0 heterocycles. The monoisotopic (exact) mass is 198 g/mol. The summed E-state index contributed by atoms with van der Waals surface area (Å²) in [6.45, 7) is 5.49. The van der Waals surface area contributed by atoms with Crippen LogP contribution in [0.2, 0.25) is 0 Å². The second kappa shape index (κ2) is 6.41. The molecule has 1 unspecified atom stereocenters. The summed E-state index contributed by atoms with van der Waals surface area (Å²) in [4.78, 5) is 2.47. The van der Waals surface area contributed by atoms with E-state index >= 15 is 0 Å². The average Bonchev–Trinajstić information content (AvgIpc) is 2.19. The van der Waals surface area contributed by atoms with Gasteiger partial charge in [0.2, 0.25) is 0 Å². The van der Waals surface area contributed by atoms with Gasteiger partial charge >= 0.3 is 0 Å². The molecule has 0 aromatic carbocycles. The number of hydrogen-bond donors (Lipinski definition) is 1. The third-order valence-electron chi connectivity index (χ3n) is 3.32. The van der Waals surface area contributed by atoms with Crippen LogP contribution in [-0.4, -0.2) is 31.6 Å². The third-order valence-corrected chi connectivity index (χ3v) is 3.32. The quantitative estimate of drug-likeness (QED) is 0.733. The van der Waals surface area contributed by atoms with E-state index in [1.54, 1.807) is 0 Å². The lowest BCUT2D eigenvalue weighted by atomic mass is 9.89. The molecule has 1 atom stereocenters. The SMILES string of the molecule is CC(CN)CN(C)CC1CCCCC1. The molecule has 0 bridgehead atoms. The maximum Gasteiger partial charge on any atom is 0.00161 e. The van der Waals surface area contributed by atoms with Crippen LogP contribution in [0.15, 0.2) is 0 Å². The summed E-state index contributed by atoms with van der Waals surface area (Å²) in [6.07, 6.45) is 7.25. The van der Waals surface area contributed by atoms with Crippen LogP contribution in [0.5, 0.6) is 0 Å². The van der Waals surface area contributed by atoms with Crippen LogP contribution in [0.25, 0.3) is 0 Å². The first-order valence-electron chi connectivity index (χ1n) is 6.11. The summed E-state index contributed by atoms with van der Waals surface area (Å²) in [6, 6.07) is 0. The molecule has 0 amide bonds. The van der Waals surface area contributed by atoms with Crippen molar-refractivity contribution < 1.29 is 0 Å². The fraction of sp³-hybridized carbons (Fsp3) is 1.00. The Hall–Kier alpha value is -0.0800. The topological polar surface area (TPSA) is 29.3 Å². The summed E-state index contributed by atoms with van der Waals surface area (Å²) in [5.41, 5.74) is 5.63. The van der Waals surface area contributed by atoms with Crippen molar-refractivity contribution in [3.63, 3.8) is 0 Å². The molecule has 1 aliphatic rings. The van der Waals surface area contributed by atoms with Gasteiger partial charge in [-0.05, 0) is 38.3 Å². The summed E-state index contributed by atoms with van der Waals surface area (Å²) in [5.74, 6) is 1.60. The van der Waals surface area contributed by atoms with Gasteiger partial charge in [-0.2, -0.15) is 0 Å². The Bertz CT molecular complexity index is 141. The Morgan fingerprint density at radius 2 is 1.93 bits per heavy atom. The molecule has 0 saturated heterocycles. The van der Waals surface area contributed by atoms with E-state index in [-0.39, 0.29) is 0 Å². The maximum absolute atomic E-state index is 5.63. The Labute approximate surface area is 88.8 Å². The smallest absolute Gasteiger partial charge is 0.00161 e. The summed E-state index contributed by atoms with van der Waals surface area (Å²) < 4.78 is 0. The first-order chi connectivity index (χ1) is 6.72. The first kappa shape index (κ1) is 12.0. The third kappa shape index (κ3) is 4.43. The van der Waals surface area contributed by atoms with Crippen LogP contribution >= 0.6 is 0 Å². The fourth-order valence-corrected chi connectivity index (χ4v) is 2.49. The van der Waals surface area contributed by atoms with Crippen LogP contribution < -0.4 is 5.73 Å². The number of nitrogens with zero attached hydrogens (tertiary/aromatic N) is 1. The second-order valence-corrected chi connectivity index (χ2v) is 5.07.